The topological polar surface area (TPSA) is 54.0 Å². The molecule has 0 spiro atoms. The fraction of sp³-hybridized carbons (Fsp3) is 0.562. The molecular weight excluding hydrogens is 272 g/mol. The minimum atomic E-state index is -0.113. The van der Waals surface area contributed by atoms with E-state index in [-0.39, 0.29) is 6.10 Å². The standard InChI is InChI=1S/C16H24O5/c1-18-9-3-4-10-20-12-16(19-2)13-21-15-7-5-14(11-17)6-8-15/h5-8,11,16H,3-4,9-10,12-13H2,1-2H3. The molecule has 0 amide bonds. The molecule has 0 fully saturated rings. The first-order chi connectivity index (χ1) is 10.3. The van der Waals surface area contributed by atoms with Crippen molar-refractivity contribution in [3.8, 4) is 5.75 Å². The summed E-state index contributed by atoms with van der Waals surface area (Å²) in [7, 11) is 3.33. The Labute approximate surface area is 126 Å². The highest BCUT2D eigenvalue weighted by atomic mass is 16.6. The van der Waals surface area contributed by atoms with Crippen LogP contribution >= 0.6 is 0 Å². The van der Waals surface area contributed by atoms with Gasteiger partial charge in [0, 0.05) is 33.0 Å². The predicted octanol–water partition coefficient (Wildman–Crippen LogP) is 2.34. The van der Waals surface area contributed by atoms with Crippen molar-refractivity contribution in [2.75, 3.05) is 40.6 Å². The molecule has 5 nitrogen and oxygen atoms in total. The van der Waals surface area contributed by atoms with Gasteiger partial charge in [0.15, 0.2) is 0 Å². The summed E-state index contributed by atoms with van der Waals surface area (Å²) in [6.45, 7) is 2.36. The average molecular weight is 296 g/mol. The first-order valence-corrected chi connectivity index (χ1v) is 7.07. The number of aldehydes is 1. The number of rotatable bonds is 12. The van der Waals surface area contributed by atoms with E-state index in [2.05, 4.69) is 0 Å². The third-order valence-corrected chi connectivity index (χ3v) is 2.98. The van der Waals surface area contributed by atoms with Crippen LogP contribution in [0.5, 0.6) is 5.75 Å². The molecule has 1 aromatic rings. The van der Waals surface area contributed by atoms with Gasteiger partial charge < -0.3 is 18.9 Å². The number of carbonyl (C=O) groups excluding carboxylic acids is 1. The van der Waals surface area contributed by atoms with Gasteiger partial charge in [0.05, 0.1) is 6.61 Å². The van der Waals surface area contributed by atoms with Gasteiger partial charge in [0.2, 0.25) is 0 Å². The first kappa shape index (κ1) is 17.6. The molecular formula is C16H24O5. The maximum absolute atomic E-state index is 10.6. The largest absolute Gasteiger partial charge is 0.491 e. The van der Waals surface area contributed by atoms with Gasteiger partial charge in [-0.05, 0) is 37.1 Å². The zero-order valence-corrected chi connectivity index (χ0v) is 12.7. The lowest BCUT2D eigenvalue weighted by Crippen LogP contribution is -2.26. The van der Waals surface area contributed by atoms with Gasteiger partial charge in [0.25, 0.3) is 0 Å². The van der Waals surface area contributed by atoms with E-state index in [4.69, 9.17) is 18.9 Å². The molecule has 1 atom stereocenters. The second kappa shape index (κ2) is 11.3. The number of unbranched alkanes of at least 4 members (excludes halogenated alkanes) is 1. The molecule has 0 saturated carbocycles. The Kier molecular flexibility index (Phi) is 9.44. The Hall–Kier alpha value is -1.43. The Morgan fingerprint density at radius 1 is 1.05 bits per heavy atom. The fourth-order valence-corrected chi connectivity index (χ4v) is 1.68. The highest BCUT2D eigenvalue weighted by Crippen LogP contribution is 2.11. The molecule has 0 aliphatic rings. The van der Waals surface area contributed by atoms with E-state index in [0.29, 0.717) is 31.1 Å². The fourth-order valence-electron chi connectivity index (χ4n) is 1.68. The van der Waals surface area contributed by atoms with Crippen LogP contribution < -0.4 is 4.74 Å². The van der Waals surface area contributed by atoms with Gasteiger partial charge in [-0.1, -0.05) is 0 Å². The molecule has 0 saturated heterocycles. The van der Waals surface area contributed by atoms with Crippen LogP contribution in [-0.4, -0.2) is 53.0 Å². The van der Waals surface area contributed by atoms with Crippen molar-refractivity contribution >= 4 is 6.29 Å². The van der Waals surface area contributed by atoms with E-state index >= 15 is 0 Å². The molecule has 0 heterocycles. The number of benzene rings is 1. The zero-order chi connectivity index (χ0) is 15.3. The lowest BCUT2D eigenvalue weighted by atomic mass is 10.2. The molecule has 1 unspecified atom stereocenters. The van der Waals surface area contributed by atoms with E-state index < -0.39 is 0 Å². The smallest absolute Gasteiger partial charge is 0.150 e. The van der Waals surface area contributed by atoms with E-state index in [1.165, 1.54) is 0 Å². The monoisotopic (exact) mass is 296 g/mol. The lowest BCUT2D eigenvalue weighted by Gasteiger charge is -2.16. The third-order valence-electron chi connectivity index (χ3n) is 2.98. The predicted molar refractivity (Wildman–Crippen MR) is 80.1 cm³/mol. The zero-order valence-electron chi connectivity index (χ0n) is 12.7. The Bertz CT molecular complexity index is 377. The van der Waals surface area contributed by atoms with Crippen LogP contribution in [0, 0.1) is 0 Å². The minimum Gasteiger partial charge on any atom is -0.491 e. The second-order valence-electron chi connectivity index (χ2n) is 4.63. The minimum absolute atomic E-state index is 0.113. The maximum atomic E-state index is 10.6. The Balaban J connectivity index is 2.19. The normalized spacial score (nSPS) is 12.1. The van der Waals surface area contributed by atoms with Gasteiger partial charge in [-0.2, -0.15) is 0 Å². The molecule has 0 radical (unpaired) electrons. The number of hydrogen-bond acceptors (Lipinski definition) is 5. The number of hydrogen-bond donors (Lipinski definition) is 0. The number of methoxy groups -OCH3 is 2. The molecule has 0 N–H and O–H groups in total. The summed E-state index contributed by atoms with van der Waals surface area (Å²) >= 11 is 0. The van der Waals surface area contributed by atoms with Crippen molar-refractivity contribution < 1.29 is 23.7 Å². The summed E-state index contributed by atoms with van der Waals surface area (Å²) in [5, 5.41) is 0. The summed E-state index contributed by atoms with van der Waals surface area (Å²) in [5.41, 5.74) is 0.630. The van der Waals surface area contributed by atoms with Crippen molar-refractivity contribution in [1.29, 1.82) is 0 Å². The Morgan fingerprint density at radius 2 is 1.76 bits per heavy atom. The van der Waals surface area contributed by atoms with Crippen LogP contribution in [0.4, 0.5) is 0 Å². The summed E-state index contributed by atoms with van der Waals surface area (Å²) in [6.07, 6.45) is 2.66. The van der Waals surface area contributed by atoms with Crippen LogP contribution in [0.2, 0.25) is 0 Å². The van der Waals surface area contributed by atoms with Crippen LogP contribution in [0.15, 0.2) is 24.3 Å². The van der Waals surface area contributed by atoms with Gasteiger partial charge in [-0.25, -0.2) is 0 Å². The molecule has 0 bridgehead atoms. The van der Waals surface area contributed by atoms with Crippen LogP contribution in [0.25, 0.3) is 0 Å². The SMILES string of the molecule is COCCCCOCC(COc1ccc(C=O)cc1)OC. The molecule has 5 heteroatoms. The summed E-state index contributed by atoms with van der Waals surface area (Å²) < 4.78 is 21.5. The highest BCUT2D eigenvalue weighted by molar-refractivity contribution is 5.74. The summed E-state index contributed by atoms with van der Waals surface area (Å²) in [4.78, 5) is 10.6. The van der Waals surface area contributed by atoms with Crippen molar-refractivity contribution in [1.82, 2.24) is 0 Å². The number of carbonyl (C=O) groups is 1. The van der Waals surface area contributed by atoms with E-state index in [0.717, 1.165) is 25.7 Å². The van der Waals surface area contributed by atoms with Crippen molar-refractivity contribution in [2.24, 2.45) is 0 Å². The van der Waals surface area contributed by atoms with E-state index in [1.807, 2.05) is 0 Å². The number of ether oxygens (including phenoxy) is 4. The summed E-state index contributed by atoms with van der Waals surface area (Å²) in [6, 6.07) is 6.97. The third kappa shape index (κ3) is 7.80. The molecule has 0 aliphatic heterocycles. The van der Waals surface area contributed by atoms with E-state index in [1.54, 1.807) is 38.5 Å². The van der Waals surface area contributed by atoms with Crippen LogP contribution in [-0.2, 0) is 14.2 Å². The lowest BCUT2D eigenvalue weighted by molar-refractivity contribution is -0.0158. The van der Waals surface area contributed by atoms with Crippen LogP contribution in [0.1, 0.15) is 23.2 Å². The summed E-state index contributed by atoms with van der Waals surface area (Å²) in [5.74, 6) is 0.711. The molecule has 1 rings (SSSR count). The second-order valence-corrected chi connectivity index (χ2v) is 4.63. The Morgan fingerprint density at radius 3 is 2.38 bits per heavy atom. The molecule has 1 aromatic carbocycles. The van der Waals surface area contributed by atoms with Crippen LogP contribution in [0.3, 0.4) is 0 Å². The highest BCUT2D eigenvalue weighted by Gasteiger charge is 2.08. The molecule has 0 aliphatic carbocycles. The van der Waals surface area contributed by atoms with Crippen molar-refractivity contribution in [3.05, 3.63) is 29.8 Å². The molecule has 21 heavy (non-hydrogen) atoms. The molecule has 0 aromatic heterocycles. The first-order valence-electron chi connectivity index (χ1n) is 7.07. The maximum Gasteiger partial charge on any atom is 0.150 e. The molecule has 118 valence electrons. The van der Waals surface area contributed by atoms with E-state index in [9.17, 15) is 4.79 Å². The van der Waals surface area contributed by atoms with Gasteiger partial charge in [-0.15, -0.1) is 0 Å². The van der Waals surface area contributed by atoms with Gasteiger partial charge in [0.1, 0.15) is 24.7 Å². The quantitative estimate of drug-likeness (QED) is 0.438. The van der Waals surface area contributed by atoms with Gasteiger partial charge in [-0.3, -0.25) is 4.79 Å². The average Bonchev–Trinajstić information content (AvgIpc) is 2.54. The van der Waals surface area contributed by atoms with Crippen molar-refractivity contribution in [2.45, 2.75) is 18.9 Å². The van der Waals surface area contributed by atoms with Gasteiger partial charge >= 0.3 is 0 Å². The van der Waals surface area contributed by atoms with Crippen molar-refractivity contribution in [3.63, 3.8) is 0 Å².